The molecule has 2 amide bonds. The van der Waals surface area contributed by atoms with Crippen LogP contribution in [0.5, 0.6) is 17.2 Å². The molecule has 1 aliphatic rings. The maximum absolute atomic E-state index is 12.6. The molecule has 1 saturated heterocycles. The van der Waals surface area contributed by atoms with E-state index in [1.54, 1.807) is 25.2 Å². The van der Waals surface area contributed by atoms with Crippen LogP contribution in [-0.2, 0) is 6.54 Å². The number of methoxy groups -OCH3 is 3. The van der Waals surface area contributed by atoms with Gasteiger partial charge in [-0.3, -0.25) is 15.0 Å². The maximum Gasteiger partial charge on any atom is 0.322 e. The minimum absolute atomic E-state index is 0.142. The van der Waals surface area contributed by atoms with Gasteiger partial charge in [0, 0.05) is 32.7 Å². The number of carbonyl (C=O) groups is 1. The van der Waals surface area contributed by atoms with Crippen LogP contribution >= 0.6 is 0 Å². The molecule has 2 aromatic rings. The normalized spacial score (nSPS) is 14.1. The SMILES string of the molecule is COc1ccc(NC(=O)N2CCN(Cc3ccc(OC)c(OC)c3)CC2)c([N+](=O)[O-])c1. The molecule has 0 aromatic heterocycles. The van der Waals surface area contributed by atoms with Gasteiger partial charge in [0.15, 0.2) is 11.5 Å². The summed E-state index contributed by atoms with van der Waals surface area (Å²) in [5.74, 6) is 1.72. The fourth-order valence-electron chi connectivity index (χ4n) is 3.44. The molecule has 0 unspecified atom stereocenters. The van der Waals surface area contributed by atoms with Gasteiger partial charge in [-0.05, 0) is 29.8 Å². The molecule has 0 aliphatic carbocycles. The summed E-state index contributed by atoms with van der Waals surface area (Å²) < 4.78 is 15.6. The largest absolute Gasteiger partial charge is 0.496 e. The summed E-state index contributed by atoms with van der Waals surface area (Å²) in [5.41, 5.74) is 1.02. The van der Waals surface area contributed by atoms with Crippen molar-refractivity contribution in [2.24, 2.45) is 0 Å². The highest BCUT2D eigenvalue weighted by atomic mass is 16.6. The predicted octanol–water partition coefficient (Wildman–Crippen LogP) is 2.97. The molecule has 10 heteroatoms. The zero-order chi connectivity index (χ0) is 22.4. The highest BCUT2D eigenvalue weighted by molar-refractivity contribution is 5.92. The van der Waals surface area contributed by atoms with Crippen molar-refractivity contribution >= 4 is 17.4 Å². The molecule has 0 bridgehead atoms. The summed E-state index contributed by atoms with van der Waals surface area (Å²) in [6.45, 7) is 3.13. The van der Waals surface area contributed by atoms with Gasteiger partial charge in [-0.25, -0.2) is 4.79 Å². The van der Waals surface area contributed by atoms with Gasteiger partial charge in [0.05, 0.1) is 32.3 Å². The molecule has 1 heterocycles. The number of nitrogens with zero attached hydrogens (tertiary/aromatic N) is 3. The first-order chi connectivity index (χ1) is 14.9. The lowest BCUT2D eigenvalue weighted by Gasteiger charge is -2.34. The zero-order valence-electron chi connectivity index (χ0n) is 17.8. The Kier molecular flexibility index (Phi) is 7.14. The fraction of sp³-hybridized carbons (Fsp3) is 0.381. The predicted molar refractivity (Wildman–Crippen MR) is 115 cm³/mol. The zero-order valence-corrected chi connectivity index (χ0v) is 17.8. The summed E-state index contributed by atoms with van der Waals surface area (Å²) in [7, 11) is 4.63. The Hall–Kier alpha value is -3.53. The minimum Gasteiger partial charge on any atom is -0.496 e. The number of ether oxygens (including phenoxy) is 3. The van der Waals surface area contributed by atoms with E-state index in [4.69, 9.17) is 14.2 Å². The third-order valence-electron chi connectivity index (χ3n) is 5.16. The maximum atomic E-state index is 12.6. The second kappa shape index (κ2) is 9.98. The standard InChI is InChI=1S/C21H26N4O6/c1-29-16-5-6-17(18(13-16)25(27)28)22-21(26)24-10-8-23(9-11-24)14-15-4-7-19(30-2)20(12-15)31-3/h4-7,12-13H,8-11,14H2,1-3H3,(H,22,26). The Morgan fingerprint density at radius 2 is 1.71 bits per heavy atom. The Morgan fingerprint density at radius 1 is 1.00 bits per heavy atom. The molecule has 2 aromatic carbocycles. The molecule has 0 radical (unpaired) electrons. The highest BCUT2D eigenvalue weighted by Crippen LogP contribution is 2.30. The van der Waals surface area contributed by atoms with Crippen LogP contribution in [0.3, 0.4) is 0 Å². The molecule has 31 heavy (non-hydrogen) atoms. The number of carbonyl (C=O) groups excluding carboxylic acids is 1. The average molecular weight is 430 g/mol. The van der Waals surface area contributed by atoms with Crippen LogP contribution in [0.25, 0.3) is 0 Å². The molecule has 166 valence electrons. The second-order valence-corrected chi connectivity index (χ2v) is 7.02. The number of anilines is 1. The minimum atomic E-state index is -0.542. The van der Waals surface area contributed by atoms with Crippen molar-refractivity contribution in [1.29, 1.82) is 0 Å². The lowest BCUT2D eigenvalue weighted by atomic mass is 10.1. The van der Waals surface area contributed by atoms with Crippen molar-refractivity contribution in [1.82, 2.24) is 9.80 Å². The van der Waals surface area contributed by atoms with Crippen molar-refractivity contribution < 1.29 is 23.9 Å². The number of nitro groups is 1. The van der Waals surface area contributed by atoms with E-state index in [0.29, 0.717) is 43.4 Å². The van der Waals surface area contributed by atoms with Gasteiger partial charge in [-0.2, -0.15) is 0 Å². The number of nitro benzene ring substituents is 1. The molecule has 1 fully saturated rings. The van der Waals surface area contributed by atoms with Crippen molar-refractivity contribution in [3.05, 3.63) is 52.1 Å². The van der Waals surface area contributed by atoms with E-state index >= 15 is 0 Å². The van der Waals surface area contributed by atoms with Crippen molar-refractivity contribution in [2.75, 3.05) is 52.8 Å². The van der Waals surface area contributed by atoms with Gasteiger partial charge >= 0.3 is 6.03 Å². The van der Waals surface area contributed by atoms with E-state index in [1.807, 2.05) is 18.2 Å². The Morgan fingerprint density at radius 3 is 2.32 bits per heavy atom. The topological polar surface area (TPSA) is 106 Å². The molecular weight excluding hydrogens is 404 g/mol. The fourth-order valence-corrected chi connectivity index (χ4v) is 3.44. The Labute approximate surface area is 180 Å². The number of hydrogen-bond donors (Lipinski definition) is 1. The molecule has 1 N–H and O–H groups in total. The lowest BCUT2D eigenvalue weighted by molar-refractivity contribution is -0.384. The number of nitrogens with one attached hydrogen (secondary N) is 1. The van der Waals surface area contributed by atoms with Gasteiger partial charge in [-0.15, -0.1) is 0 Å². The average Bonchev–Trinajstić information content (AvgIpc) is 2.79. The van der Waals surface area contributed by atoms with Crippen LogP contribution in [0.2, 0.25) is 0 Å². The van der Waals surface area contributed by atoms with Crippen molar-refractivity contribution in [2.45, 2.75) is 6.54 Å². The molecule has 0 atom stereocenters. The third kappa shape index (κ3) is 5.34. The van der Waals surface area contributed by atoms with Gasteiger partial charge in [0.25, 0.3) is 5.69 Å². The number of benzene rings is 2. The summed E-state index contributed by atoms with van der Waals surface area (Å²) >= 11 is 0. The van der Waals surface area contributed by atoms with E-state index in [1.165, 1.54) is 19.2 Å². The van der Waals surface area contributed by atoms with Crippen LogP contribution in [0.15, 0.2) is 36.4 Å². The van der Waals surface area contributed by atoms with Gasteiger partial charge in [0.2, 0.25) is 0 Å². The monoisotopic (exact) mass is 430 g/mol. The van der Waals surface area contributed by atoms with Crippen molar-refractivity contribution in [3.63, 3.8) is 0 Å². The number of rotatable bonds is 7. The second-order valence-electron chi connectivity index (χ2n) is 7.02. The summed E-state index contributed by atoms with van der Waals surface area (Å²) in [6.07, 6.45) is 0. The quantitative estimate of drug-likeness (QED) is 0.532. The van der Waals surface area contributed by atoms with Crippen LogP contribution in [-0.4, -0.2) is 68.3 Å². The van der Waals surface area contributed by atoms with E-state index < -0.39 is 4.92 Å². The van der Waals surface area contributed by atoms with Crippen LogP contribution in [0.1, 0.15) is 5.56 Å². The molecular formula is C21H26N4O6. The van der Waals surface area contributed by atoms with Crippen LogP contribution in [0.4, 0.5) is 16.2 Å². The van der Waals surface area contributed by atoms with Crippen LogP contribution < -0.4 is 19.5 Å². The number of amides is 2. The number of piperazine rings is 1. The molecule has 10 nitrogen and oxygen atoms in total. The summed E-state index contributed by atoms with van der Waals surface area (Å²) in [5, 5.41) is 14.0. The van der Waals surface area contributed by atoms with E-state index in [2.05, 4.69) is 10.2 Å². The molecule has 0 spiro atoms. The molecule has 1 aliphatic heterocycles. The van der Waals surface area contributed by atoms with E-state index in [9.17, 15) is 14.9 Å². The number of hydrogen-bond acceptors (Lipinski definition) is 7. The Balaban J connectivity index is 1.57. The van der Waals surface area contributed by atoms with Crippen LogP contribution in [0, 0.1) is 10.1 Å². The lowest BCUT2D eigenvalue weighted by Crippen LogP contribution is -2.49. The van der Waals surface area contributed by atoms with E-state index in [-0.39, 0.29) is 17.4 Å². The third-order valence-corrected chi connectivity index (χ3v) is 5.16. The first kappa shape index (κ1) is 22.2. The summed E-state index contributed by atoms with van der Waals surface area (Å²) in [6, 6.07) is 9.78. The first-order valence-electron chi connectivity index (χ1n) is 9.76. The van der Waals surface area contributed by atoms with E-state index in [0.717, 1.165) is 12.1 Å². The summed E-state index contributed by atoms with van der Waals surface area (Å²) in [4.78, 5) is 27.3. The van der Waals surface area contributed by atoms with Crippen molar-refractivity contribution in [3.8, 4) is 17.2 Å². The molecule has 3 rings (SSSR count). The first-order valence-corrected chi connectivity index (χ1v) is 9.76. The Bertz CT molecular complexity index is 943. The molecule has 0 saturated carbocycles. The van der Waals surface area contributed by atoms with Gasteiger partial charge in [-0.1, -0.05) is 6.07 Å². The smallest absolute Gasteiger partial charge is 0.322 e. The van der Waals surface area contributed by atoms with Gasteiger partial charge in [0.1, 0.15) is 11.4 Å². The van der Waals surface area contributed by atoms with Gasteiger partial charge < -0.3 is 24.4 Å². The number of urea groups is 1. The highest BCUT2D eigenvalue weighted by Gasteiger charge is 2.24.